The zero-order chi connectivity index (χ0) is 20.4. The fraction of sp³-hybridized carbons (Fsp3) is 0.333. The first-order chi connectivity index (χ1) is 14.0. The molecule has 29 heavy (non-hydrogen) atoms. The molecular formula is C21H22N4O3S. The molecule has 0 spiro atoms. The maximum absolute atomic E-state index is 12.7. The lowest BCUT2D eigenvalue weighted by Crippen LogP contribution is -2.48. The monoisotopic (exact) mass is 410 g/mol. The summed E-state index contributed by atoms with van der Waals surface area (Å²) < 4.78 is 0. The zero-order valence-corrected chi connectivity index (χ0v) is 16.9. The summed E-state index contributed by atoms with van der Waals surface area (Å²) in [6, 6.07) is 9.27. The van der Waals surface area contributed by atoms with Gasteiger partial charge in [0.25, 0.3) is 0 Å². The Morgan fingerprint density at radius 1 is 1.31 bits per heavy atom. The van der Waals surface area contributed by atoms with E-state index in [2.05, 4.69) is 10.3 Å². The van der Waals surface area contributed by atoms with Crippen molar-refractivity contribution in [1.82, 2.24) is 15.2 Å². The summed E-state index contributed by atoms with van der Waals surface area (Å²) >= 11 is 1.35. The molecule has 150 valence electrons. The molecule has 4 rings (SSSR count). The molecule has 2 aliphatic rings. The molecule has 3 amide bonds. The fourth-order valence-corrected chi connectivity index (χ4v) is 4.79. The van der Waals surface area contributed by atoms with Gasteiger partial charge in [-0.3, -0.25) is 19.3 Å². The van der Waals surface area contributed by atoms with Crippen LogP contribution in [0.25, 0.3) is 6.08 Å². The van der Waals surface area contributed by atoms with E-state index in [0.29, 0.717) is 23.9 Å². The van der Waals surface area contributed by atoms with Crippen molar-refractivity contribution in [3.63, 3.8) is 0 Å². The van der Waals surface area contributed by atoms with Gasteiger partial charge in [0.15, 0.2) is 5.13 Å². The first-order valence-electron chi connectivity index (χ1n) is 9.62. The number of nitrogens with one attached hydrogen (secondary N) is 1. The topological polar surface area (TPSA) is 82.6 Å². The number of piperidine rings is 1. The van der Waals surface area contributed by atoms with Gasteiger partial charge in [-0.25, -0.2) is 4.98 Å². The zero-order valence-electron chi connectivity index (χ0n) is 16.1. The van der Waals surface area contributed by atoms with E-state index >= 15 is 0 Å². The molecule has 2 aromatic rings. The highest BCUT2D eigenvalue weighted by molar-refractivity contribution is 7.14. The number of nitrogens with zero attached hydrogens (tertiary/aromatic N) is 3. The summed E-state index contributed by atoms with van der Waals surface area (Å²) in [6.07, 6.45) is 4.84. The van der Waals surface area contributed by atoms with Crippen LogP contribution in [0, 0.1) is 5.92 Å². The van der Waals surface area contributed by atoms with E-state index in [9.17, 15) is 14.4 Å². The fourth-order valence-electron chi connectivity index (χ4n) is 3.94. The minimum absolute atomic E-state index is 0.0471. The lowest BCUT2D eigenvalue weighted by molar-refractivity contribution is -0.132. The van der Waals surface area contributed by atoms with Gasteiger partial charge in [0.05, 0.1) is 23.3 Å². The summed E-state index contributed by atoms with van der Waals surface area (Å²) in [5.41, 5.74) is 1.37. The number of thiazole rings is 1. The van der Waals surface area contributed by atoms with Crippen LogP contribution in [0.3, 0.4) is 0 Å². The molecule has 0 saturated carbocycles. The molecule has 0 aliphatic carbocycles. The third kappa shape index (κ3) is 3.93. The molecule has 2 saturated heterocycles. The Kier molecular flexibility index (Phi) is 5.44. The van der Waals surface area contributed by atoms with Crippen molar-refractivity contribution in [2.24, 2.45) is 5.92 Å². The van der Waals surface area contributed by atoms with Gasteiger partial charge in [-0.05, 0) is 31.1 Å². The van der Waals surface area contributed by atoms with Crippen LogP contribution in [0.4, 0.5) is 10.8 Å². The standard InChI is InChI=1S/C21H22N4O3S/c1-14(26)25(16-6-3-2-4-7-16)21-23-15(13-29-21)9-10-19(27)24-11-5-8-17-18(24)12-22-20(17)28/h2-4,6-7,9-10,13,17-18H,5,8,11-12H2,1H3,(H,22,28)/b10-9+/t17-,18-/m1/s1. The van der Waals surface area contributed by atoms with E-state index in [-0.39, 0.29) is 29.7 Å². The molecule has 2 fully saturated rings. The Morgan fingerprint density at radius 2 is 2.10 bits per heavy atom. The molecule has 2 atom stereocenters. The molecule has 1 aromatic heterocycles. The van der Waals surface area contributed by atoms with Gasteiger partial charge in [0, 0.05) is 31.5 Å². The van der Waals surface area contributed by atoms with Crippen LogP contribution in [0.1, 0.15) is 25.5 Å². The normalized spacial score (nSPS) is 21.1. The molecule has 8 heteroatoms. The van der Waals surface area contributed by atoms with Gasteiger partial charge in [-0.1, -0.05) is 18.2 Å². The summed E-state index contributed by atoms with van der Waals surface area (Å²) in [4.78, 5) is 44.6. The lowest BCUT2D eigenvalue weighted by Gasteiger charge is -2.35. The Hall–Kier alpha value is -3.00. The first kappa shape index (κ1) is 19.3. The van der Waals surface area contributed by atoms with Gasteiger partial charge in [0.2, 0.25) is 17.7 Å². The molecule has 1 aromatic carbocycles. The van der Waals surface area contributed by atoms with Crippen molar-refractivity contribution in [2.45, 2.75) is 25.8 Å². The van der Waals surface area contributed by atoms with Crippen molar-refractivity contribution in [3.8, 4) is 0 Å². The first-order valence-corrected chi connectivity index (χ1v) is 10.5. The maximum Gasteiger partial charge on any atom is 0.246 e. The predicted octanol–water partition coefficient (Wildman–Crippen LogP) is 2.58. The number of carbonyl (C=O) groups excluding carboxylic acids is 3. The van der Waals surface area contributed by atoms with E-state index in [0.717, 1.165) is 18.5 Å². The Morgan fingerprint density at radius 3 is 2.86 bits per heavy atom. The second kappa shape index (κ2) is 8.16. The van der Waals surface area contributed by atoms with Crippen LogP contribution >= 0.6 is 11.3 Å². The number of fused-ring (bicyclic) bond motifs is 1. The number of carbonyl (C=O) groups is 3. The molecule has 7 nitrogen and oxygen atoms in total. The minimum atomic E-state index is -0.130. The highest BCUT2D eigenvalue weighted by atomic mass is 32.1. The van der Waals surface area contributed by atoms with Gasteiger partial charge >= 0.3 is 0 Å². The van der Waals surface area contributed by atoms with Crippen molar-refractivity contribution in [3.05, 3.63) is 47.5 Å². The summed E-state index contributed by atoms with van der Waals surface area (Å²) in [5, 5.41) is 5.23. The summed E-state index contributed by atoms with van der Waals surface area (Å²) in [7, 11) is 0. The van der Waals surface area contributed by atoms with Gasteiger partial charge in [-0.15, -0.1) is 11.3 Å². The number of hydrogen-bond donors (Lipinski definition) is 1. The Labute approximate surface area is 173 Å². The van der Waals surface area contributed by atoms with Gasteiger partial charge in [-0.2, -0.15) is 0 Å². The van der Waals surface area contributed by atoms with E-state index in [4.69, 9.17) is 0 Å². The largest absolute Gasteiger partial charge is 0.354 e. The number of rotatable bonds is 4. The number of aromatic nitrogens is 1. The van der Waals surface area contributed by atoms with E-state index in [1.54, 1.807) is 15.9 Å². The van der Waals surface area contributed by atoms with Crippen LogP contribution in [0.5, 0.6) is 0 Å². The smallest absolute Gasteiger partial charge is 0.246 e. The predicted molar refractivity (Wildman–Crippen MR) is 112 cm³/mol. The van der Waals surface area contributed by atoms with Crippen molar-refractivity contribution >= 4 is 46.0 Å². The number of hydrogen-bond acceptors (Lipinski definition) is 5. The minimum Gasteiger partial charge on any atom is -0.354 e. The average molecular weight is 410 g/mol. The molecule has 0 bridgehead atoms. The number of para-hydroxylation sites is 1. The average Bonchev–Trinajstić information content (AvgIpc) is 3.34. The lowest BCUT2D eigenvalue weighted by atomic mass is 9.91. The van der Waals surface area contributed by atoms with Crippen LogP contribution in [-0.4, -0.2) is 46.7 Å². The number of benzene rings is 1. The SMILES string of the molecule is CC(=O)N(c1ccccc1)c1nc(/C=C/C(=O)N2CCC[C@H]3C(=O)NC[C@H]32)cs1. The molecule has 3 heterocycles. The molecule has 0 radical (unpaired) electrons. The van der Waals surface area contributed by atoms with Crippen molar-refractivity contribution < 1.29 is 14.4 Å². The Balaban J connectivity index is 1.48. The van der Waals surface area contributed by atoms with E-state index in [1.165, 1.54) is 24.3 Å². The van der Waals surface area contributed by atoms with E-state index in [1.807, 2.05) is 35.7 Å². The summed E-state index contributed by atoms with van der Waals surface area (Å²) in [6.45, 7) is 2.68. The number of anilines is 2. The molecule has 0 unspecified atom stereocenters. The van der Waals surface area contributed by atoms with Crippen LogP contribution in [0.15, 0.2) is 41.8 Å². The van der Waals surface area contributed by atoms with Gasteiger partial charge < -0.3 is 10.2 Å². The second-order valence-corrected chi connectivity index (χ2v) is 8.01. The third-order valence-corrected chi connectivity index (χ3v) is 6.16. The quantitative estimate of drug-likeness (QED) is 0.786. The van der Waals surface area contributed by atoms with Crippen LogP contribution in [0.2, 0.25) is 0 Å². The molecular weight excluding hydrogens is 388 g/mol. The Bertz CT molecular complexity index is 956. The number of amides is 3. The second-order valence-electron chi connectivity index (χ2n) is 7.17. The van der Waals surface area contributed by atoms with Crippen LogP contribution < -0.4 is 10.2 Å². The maximum atomic E-state index is 12.7. The van der Waals surface area contributed by atoms with E-state index < -0.39 is 0 Å². The number of likely N-dealkylation sites (tertiary alicyclic amines) is 1. The van der Waals surface area contributed by atoms with Crippen LogP contribution in [-0.2, 0) is 14.4 Å². The third-order valence-electron chi connectivity index (χ3n) is 5.31. The van der Waals surface area contributed by atoms with Crippen molar-refractivity contribution in [1.29, 1.82) is 0 Å². The van der Waals surface area contributed by atoms with Gasteiger partial charge in [0.1, 0.15) is 0 Å². The molecule has 2 aliphatic heterocycles. The molecule has 1 N–H and O–H groups in total. The summed E-state index contributed by atoms with van der Waals surface area (Å²) in [5.74, 6) is -0.292. The highest BCUT2D eigenvalue weighted by Gasteiger charge is 2.42. The highest BCUT2D eigenvalue weighted by Crippen LogP contribution is 2.30. The van der Waals surface area contributed by atoms with Crippen molar-refractivity contribution in [2.75, 3.05) is 18.0 Å².